The Bertz CT molecular complexity index is 370. The van der Waals surface area contributed by atoms with Gasteiger partial charge in [0.2, 0.25) is 0 Å². The third-order valence-corrected chi connectivity index (χ3v) is 2.72. The number of halogens is 2. The van der Waals surface area contributed by atoms with Crippen LogP contribution in [0.5, 0.6) is 0 Å². The average molecular weight is 276 g/mol. The van der Waals surface area contributed by atoms with Crippen LogP contribution >= 0.6 is 11.6 Å². The van der Waals surface area contributed by atoms with E-state index in [1.165, 1.54) is 6.07 Å². The van der Waals surface area contributed by atoms with Gasteiger partial charge in [0.05, 0.1) is 6.04 Å². The van der Waals surface area contributed by atoms with Gasteiger partial charge in [-0.05, 0) is 38.0 Å². The van der Waals surface area contributed by atoms with Gasteiger partial charge in [0.15, 0.2) is 6.29 Å². The number of rotatable bonds is 7. The summed E-state index contributed by atoms with van der Waals surface area (Å²) in [4.78, 5) is 0. The molecule has 1 aromatic carbocycles. The molecule has 18 heavy (non-hydrogen) atoms. The van der Waals surface area contributed by atoms with Crippen LogP contribution in [0.4, 0.5) is 4.39 Å². The van der Waals surface area contributed by atoms with Gasteiger partial charge in [0.25, 0.3) is 0 Å². The van der Waals surface area contributed by atoms with Crippen LogP contribution in [0.2, 0.25) is 5.02 Å². The zero-order chi connectivity index (χ0) is 13.5. The summed E-state index contributed by atoms with van der Waals surface area (Å²) in [5, 5.41) is 0.371. The van der Waals surface area contributed by atoms with E-state index >= 15 is 0 Å². The monoisotopic (exact) mass is 275 g/mol. The molecule has 102 valence electrons. The molecule has 0 bridgehead atoms. The number of hydrogen-bond acceptors (Lipinski definition) is 3. The summed E-state index contributed by atoms with van der Waals surface area (Å²) in [6.07, 6.45) is -0.178. The second-order valence-corrected chi connectivity index (χ2v) is 4.32. The normalized spacial score (nSPS) is 13.0. The molecule has 0 fully saturated rings. The Labute approximate surface area is 112 Å². The van der Waals surface area contributed by atoms with Gasteiger partial charge in [-0.25, -0.2) is 4.39 Å². The van der Waals surface area contributed by atoms with E-state index in [4.69, 9.17) is 26.8 Å². The zero-order valence-corrected chi connectivity index (χ0v) is 11.4. The third-order valence-electron chi connectivity index (χ3n) is 2.48. The lowest BCUT2D eigenvalue weighted by Gasteiger charge is -2.23. The maximum atomic E-state index is 13.6. The lowest BCUT2D eigenvalue weighted by molar-refractivity contribution is -0.148. The van der Waals surface area contributed by atoms with Crippen LogP contribution in [0, 0.1) is 5.82 Å². The molecular formula is C13H19ClFNO2. The summed E-state index contributed by atoms with van der Waals surface area (Å²) < 4.78 is 24.4. The molecule has 0 aliphatic heterocycles. The van der Waals surface area contributed by atoms with E-state index in [2.05, 4.69) is 0 Å². The van der Waals surface area contributed by atoms with Crippen LogP contribution in [0.1, 0.15) is 19.4 Å². The molecule has 0 spiro atoms. The second-order valence-electron chi connectivity index (χ2n) is 3.88. The van der Waals surface area contributed by atoms with Crippen molar-refractivity contribution in [3.63, 3.8) is 0 Å². The molecule has 1 atom stereocenters. The molecule has 5 heteroatoms. The lowest BCUT2D eigenvalue weighted by atomic mass is 10.1. The first kappa shape index (κ1) is 15.4. The Hall–Kier alpha value is -0.680. The van der Waals surface area contributed by atoms with Gasteiger partial charge in [0, 0.05) is 18.2 Å². The van der Waals surface area contributed by atoms with Crippen LogP contribution in [0.25, 0.3) is 0 Å². The highest BCUT2D eigenvalue weighted by Gasteiger charge is 2.20. The van der Waals surface area contributed by atoms with Crippen LogP contribution in [-0.4, -0.2) is 25.5 Å². The predicted octanol–water partition coefficient (Wildman–Crippen LogP) is 2.75. The highest BCUT2D eigenvalue weighted by atomic mass is 35.5. The van der Waals surface area contributed by atoms with Crippen LogP contribution in [0.3, 0.4) is 0 Å². The van der Waals surface area contributed by atoms with Crippen LogP contribution in [-0.2, 0) is 15.9 Å². The Kier molecular flexibility index (Phi) is 6.57. The largest absolute Gasteiger partial charge is 0.351 e. The van der Waals surface area contributed by atoms with E-state index < -0.39 is 12.3 Å². The van der Waals surface area contributed by atoms with E-state index in [0.29, 0.717) is 30.2 Å². The van der Waals surface area contributed by atoms with Gasteiger partial charge < -0.3 is 15.2 Å². The van der Waals surface area contributed by atoms with Crippen LogP contribution in [0.15, 0.2) is 18.2 Å². The van der Waals surface area contributed by atoms with Gasteiger partial charge in [-0.15, -0.1) is 0 Å². The summed E-state index contributed by atoms with van der Waals surface area (Å²) in [5.74, 6) is -0.357. The minimum atomic E-state index is -0.518. The van der Waals surface area contributed by atoms with Crippen molar-refractivity contribution in [1.29, 1.82) is 0 Å². The average Bonchev–Trinajstić information content (AvgIpc) is 2.32. The summed E-state index contributed by atoms with van der Waals surface area (Å²) in [7, 11) is 0. The molecule has 1 aromatic rings. The van der Waals surface area contributed by atoms with E-state index in [9.17, 15) is 4.39 Å². The molecule has 1 unspecified atom stereocenters. The van der Waals surface area contributed by atoms with Crippen molar-refractivity contribution in [3.8, 4) is 0 Å². The molecule has 0 aliphatic rings. The van der Waals surface area contributed by atoms with Crippen molar-refractivity contribution in [1.82, 2.24) is 0 Å². The Morgan fingerprint density at radius 1 is 1.28 bits per heavy atom. The zero-order valence-electron chi connectivity index (χ0n) is 10.7. The number of hydrogen-bond donors (Lipinski definition) is 1. The molecule has 0 saturated carbocycles. The molecule has 0 aromatic heterocycles. The van der Waals surface area contributed by atoms with Crippen molar-refractivity contribution < 1.29 is 13.9 Å². The van der Waals surface area contributed by atoms with Gasteiger partial charge in [-0.2, -0.15) is 0 Å². The first-order valence-corrected chi connectivity index (χ1v) is 6.39. The van der Waals surface area contributed by atoms with E-state index in [-0.39, 0.29) is 5.82 Å². The first-order valence-electron chi connectivity index (χ1n) is 6.01. The van der Waals surface area contributed by atoms with Gasteiger partial charge in [0.1, 0.15) is 5.82 Å². The highest BCUT2D eigenvalue weighted by molar-refractivity contribution is 6.30. The first-order chi connectivity index (χ1) is 8.58. The van der Waals surface area contributed by atoms with Crippen molar-refractivity contribution in [2.24, 2.45) is 5.73 Å². The van der Waals surface area contributed by atoms with E-state index in [0.717, 1.165) is 0 Å². The quantitative estimate of drug-likeness (QED) is 0.778. The number of nitrogens with two attached hydrogens (primary N) is 1. The van der Waals surface area contributed by atoms with Crippen molar-refractivity contribution >= 4 is 11.6 Å². The maximum absolute atomic E-state index is 13.6. The van der Waals surface area contributed by atoms with Crippen molar-refractivity contribution in [3.05, 3.63) is 34.6 Å². The minimum Gasteiger partial charge on any atom is -0.351 e. The van der Waals surface area contributed by atoms with E-state index in [1.807, 2.05) is 13.8 Å². The summed E-state index contributed by atoms with van der Waals surface area (Å²) in [6.45, 7) is 4.73. The number of ether oxygens (including phenoxy) is 2. The molecule has 3 nitrogen and oxygen atoms in total. The molecule has 0 radical (unpaired) electrons. The Morgan fingerprint density at radius 2 is 1.89 bits per heavy atom. The smallest absolute Gasteiger partial charge is 0.172 e. The molecule has 0 amide bonds. The fourth-order valence-corrected chi connectivity index (χ4v) is 1.82. The molecule has 0 aliphatic carbocycles. The fourth-order valence-electron chi connectivity index (χ4n) is 1.66. The van der Waals surface area contributed by atoms with Crippen molar-refractivity contribution in [2.45, 2.75) is 32.6 Å². The Morgan fingerprint density at radius 3 is 2.39 bits per heavy atom. The van der Waals surface area contributed by atoms with Gasteiger partial charge >= 0.3 is 0 Å². The summed E-state index contributed by atoms with van der Waals surface area (Å²) >= 11 is 5.69. The SMILES string of the molecule is CCOC(OCC)C(N)Cc1ccc(Cl)cc1F. The van der Waals surface area contributed by atoms with Gasteiger partial charge in [-0.3, -0.25) is 0 Å². The summed E-state index contributed by atoms with van der Waals surface area (Å²) in [6, 6.07) is 4.13. The molecule has 1 rings (SSSR count). The maximum Gasteiger partial charge on any atom is 0.172 e. The minimum absolute atomic E-state index is 0.341. The molecule has 2 N–H and O–H groups in total. The molecule has 0 heterocycles. The second kappa shape index (κ2) is 7.69. The highest BCUT2D eigenvalue weighted by Crippen LogP contribution is 2.17. The molecular weight excluding hydrogens is 257 g/mol. The lowest BCUT2D eigenvalue weighted by Crippen LogP contribution is -2.40. The summed E-state index contributed by atoms with van der Waals surface area (Å²) in [5.41, 5.74) is 6.49. The fraction of sp³-hybridized carbons (Fsp3) is 0.538. The van der Waals surface area contributed by atoms with Gasteiger partial charge in [-0.1, -0.05) is 17.7 Å². The topological polar surface area (TPSA) is 44.5 Å². The van der Waals surface area contributed by atoms with Crippen LogP contribution < -0.4 is 5.73 Å². The molecule has 0 saturated heterocycles. The third kappa shape index (κ3) is 4.53. The van der Waals surface area contributed by atoms with E-state index in [1.54, 1.807) is 12.1 Å². The Balaban J connectivity index is 2.69. The van der Waals surface area contributed by atoms with Crippen molar-refractivity contribution in [2.75, 3.05) is 13.2 Å². The number of benzene rings is 1. The standard InChI is InChI=1S/C13H19ClFNO2/c1-3-17-13(18-4-2)12(16)7-9-5-6-10(14)8-11(9)15/h5-6,8,12-13H,3-4,7,16H2,1-2H3. The predicted molar refractivity (Wildman–Crippen MR) is 70.1 cm³/mol.